The number of nitrogens with one attached hydrogen (secondary N) is 1. The first-order valence-corrected chi connectivity index (χ1v) is 8.49. The van der Waals surface area contributed by atoms with Crippen molar-refractivity contribution in [1.82, 2.24) is 0 Å². The average Bonchev–Trinajstić information content (AvgIpc) is 2.41. The second-order valence-corrected chi connectivity index (χ2v) is 7.18. The van der Waals surface area contributed by atoms with Gasteiger partial charge in [-0.05, 0) is 59.3 Å². The van der Waals surface area contributed by atoms with Gasteiger partial charge in [0, 0.05) is 3.57 Å². The number of hydrogen-bond donors (Lipinski definition) is 2. The summed E-state index contributed by atoms with van der Waals surface area (Å²) in [5.74, 6) is -1.17. The highest BCUT2D eigenvalue weighted by molar-refractivity contribution is 14.1. The van der Waals surface area contributed by atoms with Crippen LogP contribution < -0.4 is 4.72 Å². The Morgan fingerprint density at radius 2 is 1.86 bits per heavy atom. The molecule has 0 amide bonds. The van der Waals surface area contributed by atoms with Gasteiger partial charge in [0.2, 0.25) is 0 Å². The summed E-state index contributed by atoms with van der Waals surface area (Å²) in [7, 11) is -3.84. The zero-order chi connectivity index (χ0) is 15.6. The van der Waals surface area contributed by atoms with E-state index in [2.05, 4.69) is 4.72 Å². The molecule has 0 bridgehead atoms. The van der Waals surface area contributed by atoms with Crippen LogP contribution in [0.1, 0.15) is 15.9 Å². The van der Waals surface area contributed by atoms with Gasteiger partial charge < -0.3 is 5.11 Å². The number of carboxylic acids is 1. The lowest BCUT2D eigenvalue weighted by Crippen LogP contribution is -2.16. The fourth-order valence-corrected chi connectivity index (χ4v) is 3.82. The number of carboxylic acid groups (broad SMARTS) is 1. The zero-order valence-electron chi connectivity index (χ0n) is 11.0. The minimum absolute atomic E-state index is 0.0398. The molecule has 21 heavy (non-hydrogen) atoms. The van der Waals surface area contributed by atoms with Crippen molar-refractivity contribution in [3.8, 4) is 0 Å². The number of hydrogen-bond acceptors (Lipinski definition) is 3. The Labute approximate surface area is 136 Å². The van der Waals surface area contributed by atoms with Gasteiger partial charge in [-0.15, -0.1) is 0 Å². The standard InChI is InChI=1S/C14H12INO4S/c1-9-6-7-10(14(17)18)8-13(9)21(19,20)16-12-5-3-2-4-11(12)15/h2-8,16H,1H3,(H,17,18). The van der Waals surface area contributed by atoms with E-state index in [1.807, 2.05) is 22.6 Å². The lowest BCUT2D eigenvalue weighted by atomic mass is 10.1. The summed E-state index contributed by atoms with van der Waals surface area (Å²) in [6.45, 7) is 1.62. The quantitative estimate of drug-likeness (QED) is 0.750. The Kier molecular flexibility index (Phi) is 4.52. The van der Waals surface area contributed by atoms with E-state index in [0.29, 0.717) is 11.3 Å². The van der Waals surface area contributed by atoms with Crippen LogP contribution in [0.25, 0.3) is 0 Å². The van der Waals surface area contributed by atoms with E-state index in [1.165, 1.54) is 12.1 Å². The highest BCUT2D eigenvalue weighted by Gasteiger charge is 2.19. The molecule has 2 aromatic carbocycles. The SMILES string of the molecule is Cc1ccc(C(=O)O)cc1S(=O)(=O)Nc1ccccc1I. The molecular weight excluding hydrogens is 405 g/mol. The van der Waals surface area contributed by atoms with E-state index in [0.717, 1.165) is 9.64 Å². The van der Waals surface area contributed by atoms with Gasteiger partial charge in [-0.25, -0.2) is 13.2 Å². The van der Waals surface area contributed by atoms with Gasteiger partial charge in [0.1, 0.15) is 0 Å². The van der Waals surface area contributed by atoms with Gasteiger partial charge in [-0.3, -0.25) is 4.72 Å². The van der Waals surface area contributed by atoms with Crippen molar-refractivity contribution < 1.29 is 18.3 Å². The van der Waals surface area contributed by atoms with Gasteiger partial charge in [-0.1, -0.05) is 18.2 Å². The van der Waals surface area contributed by atoms with Gasteiger partial charge in [0.15, 0.2) is 0 Å². The summed E-state index contributed by atoms with van der Waals surface area (Å²) in [5, 5.41) is 8.98. The molecule has 0 unspecified atom stereocenters. The largest absolute Gasteiger partial charge is 0.478 e. The third-order valence-electron chi connectivity index (χ3n) is 2.84. The highest BCUT2D eigenvalue weighted by atomic mass is 127. The second kappa shape index (κ2) is 6.02. The Bertz CT molecular complexity index is 802. The Morgan fingerprint density at radius 1 is 1.19 bits per heavy atom. The average molecular weight is 417 g/mol. The maximum atomic E-state index is 12.4. The Morgan fingerprint density at radius 3 is 2.48 bits per heavy atom. The number of aromatic carboxylic acids is 1. The topological polar surface area (TPSA) is 83.5 Å². The minimum atomic E-state index is -3.84. The summed E-state index contributed by atoms with van der Waals surface area (Å²) >= 11 is 2.02. The van der Waals surface area contributed by atoms with Crippen LogP contribution in [-0.2, 0) is 10.0 Å². The molecule has 0 heterocycles. The van der Waals surface area contributed by atoms with Crippen LogP contribution >= 0.6 is 22.6 Å². The van der Waals surface area contributed by atoms with Crippen molar-refractivity contribution in [3.05, 3.63) is 57.2 Å². The van der Waals surface area contributed by atoms with E-state index in [-0.39, 0.29) is 10.5 Å². The predicted molar refractivity (Wildman–Crippen MR) is 88.1 cm³/mol. The number of benzene rings is 2. The number of para-hydroxylation sites is 1. The molecule has 0 saturated carbocycles. The van der Waals surface area contributed by atoms with E-state index in [1.54, 1.807) is 31.2 Å². The molecule has 0 aliphatic heterocycles. The van der Waals surface area contributed by atoms with E-state index in [9.17, 15) is 13.2 Å². The van der Waals surface area contributed by atoms with E-state index in [4.69, 9.17) is 5.11 Å². The summed E-state index contributed by atoms with van der Waals surface area (Å²) in [6, 6.07) is 11.0. The van der Waals surface area contributed by atoms with Crippen LogP contribution in [0.4, 0.5) is 5.69 Å². The van der Waals surface area contributed by atoms with Crippen LogP contribution in [0.2, 0.25) is 0 Å². The number of halogens is 1. The number of carbonyl (C=O) groups is 1. The summed E-state index contributed by atoms with van der Waals surface area (Å²) in [4.78, 5) is 10.9. The van der Waals surface area contributed by atoms with Crippen LogP contribution in [-0.4, -0.2) is 19.5 Å². The second-order valence-electron chi connectivity index (χ2n) is 4.37. The first kappa shape index (κ1) is 15.8. The molecule has 110 valence electrons. The molecule has 0 aliphatic rings. The van der Waals surface area contributed by atoms with E-state index >= 15 is 0 Å². The van der Waals surface area contributed by atoms with Crippen molar-refractivity contribution >= 4 is 44.3 Å². The molecule has 0 radical (unpaired) electrons. The molecule has 0 atom stereocenters. The normalized spacial score (nSPS) is 11.1. The molecular formula is C14H12INO4S. The smallest absolute Gasteiger partial charge is 0.335 e. The predicted octanol–water partition coefficient (Wildman–Crippen LogP) is 3.10. The number of sulfonamides is 1. The molecule has 0 fully saturated rings. The minimum Gasteiger partial charge on any atom is -0.478 e. The molecule has 5 nitrogen and oxygen atoms in total. The van der Waals surface area contributed by atoms with Crippen LogP contribution in [0.3, 0.4) is 0 Å². The van der Waals surface area contributed by atoms with Gasteiger partial charge >= 0.3 is 5.97 Å². The zero-order valence-corrected chi connectivity index (χ0v) is 14.0. The van der Waals surface area contributed by atoms with Crippen molar-refractivity contribution in [1.29, 1.82) is 0 Å². The molecule has 7 heteroatoms. The fourth-order valence-electron chi connectivity index (χ4n) is 1.77. The van der Waals surface area contributed by atoms with Crippen molar-refractivity contribution in [2.75, 3.05) is 4.72 Å². The maximum absolute atomic E-state index is 12.4. The first-order valence-electron chi connectivity index (χ1n) is 5.92. The maximum Gasteiger partial charge on any atom is 0.335 e. The molecule has 0 aromatic heterocycles. The molecule has 2 N–H and O–H groups in total. The summed E-state index contributed by atoms with van der Waals surface area (Å²) in [5.41, 5.74) is 0.875. The van der Waals surface area contributed by atoms with Gasteiger partial charge in [-0.2, -0.15) is 0 Å². The molecule has 2 aromatic rings. The van der Waals surface area contributed by atoms with Gasteiger partial charge in [0.25, 0.3) is 10.0 Å². The summed E-state index contributed by atoms with van der Waals surface area (Å²) in [6.07, 6.45) is 0. The summed E-state index contributed by atoms with van der Waals surface area (Å²) < 4.78 is 28.1. The van der Waals surface area contributed by atoms with Crippen molar-refractivity contribution in [2.45, 2.75) is 11.8 Å². The number of rotatable bonds is 4. The van der Waals surface area contributed by atoms with E-state index < -0.39 is 16.0 Å². The number of anilines is 1. The fraction of sp³-hybridized carbons (Fsp3) is 0.0714. The van der Waals surface area contributed by atoms with Crippen molar-refractivity contribution in [3.63, 3.8) is 0 Å². The lowest BCUT2D eigenvalue weighted by molar-refractivity contribution is 0.0696. The highest BCUT2D eigenvalue weighted by Crippen LogP contribution is 2.23. The van der Waals surface area contributed by atoms with Crippen molar-refractivity contribution in [2.24, 2.45) is 0 Å². The Hall–Kier alpha value is -1.61. The lowest BCUT2D eigenvalue weighted by Gasteiger charge is -2.12. The third-order valence-corrected chi connectivity index (χ3v) is 5.29. The number of aryl methyl sites for hydroxylation is 1. The third kappa shape index (κ3) is 3.53. The molecule has 0 saturated heterocycles. The Balaban J connectivity index is 2.47. The molecule has 0 aliphatic carbocycles. The van der Waals surface area contributed by atoms with Crippen LogP contribution in [0.15, 0.2) is 47.4 Å². The van der Waals surface area contributed by atoms with Gasteiger partial charge in [0.05, 0.1) is 16.1 Å². The van der Waals surface area contributed by atoms with Crippen LogP contribution in [0, 0.1) is 10.5 Å². The van der Waals surface area contributed by atoms with Crippen LogP contribution in [0.5, 0.6) is 0 Å². The molecule has 2 rings (SSSR count). The first-order chi connectivity index (χ1) is 9.81. The molecule has 0 spiro atoms. The monoisotopic (exact) mass is 417 g/mol.